The zero-order valence-corrected chi connectivity index (χ0v) is 11.0. The van der Waals surface area contributed by atoms with Gasteiger partial charge in [0.15, 0.2) is 11.5 Å². The fraction of sp³-hybridized carbons (Fsp3) is 0.417. The van der Waals surface area contributed by atoms with Crippen molar-refractivity contribution >= 4 is 17.6 Å². The molecule has 1 aromatic carbocycles. The van der Waals surface area contributed by atoms with Crippen LogP contribution in [0.2, 0.25) is 5.02 Å². The van der Waals surface area contributed by atoms with Gasteiger partial charge in [-0.15, -0.1) is 0 Å². The highest BCUT2D eigenvalue weighted by Gasteiger charge is 2.09. The summed E-state index contributed by atoms with van der Waals surface area (Å²) in [4.78, 5) is 10.3. The second-order valence-electron chi connectivity index (χ2n) is 3.49. The third-order valence-electron chi connectivity index (χ3n) is 2.29. The maximum atomic E-state index is 10.3. The van der Waals surface area contributed by atoms with Crippen molar-refractivity contribution in [2.45, 2.75) is 6.42 Å². The van der Waals surface area contributed by atoms with Crippen LogP contribution in [0.5, 0.6) is 11.5 Å². The number of hydrogen-bond acceptors (Lipinski definition) is 4. The number of aliphatic carboxylic acids is 1. The average molecular weight is 275 g/mol. The highest BCUT2D eigenvalue weighted by Crippen LogP contribution is 2.33. The summed E-state index contributed by atoms with van der Waals surface area (Å²) < 4.78 is 15.2. The van der Waals surface area contributed by atoms with Crippen molar-refractivity contribution in [1.82, 2.24) is 0 Å². The van der Waals surface area contributed by atoms with E-state index in [0.717, 1.165) is 5.56 Å². The first kappa shape index (κ1) is 14.6. The Hall–Kier alpha value is -1.46. The Bertz CT molecular complexity index is 419. The SMILES string of the molecule is COc1cc(Cl)c(CCOCC(=O)O)cc1OC. The first-order chi connectivity index (χ1) is 8.58. The Morgan fingerprint density at radius 3 is 2.44 bits per heavy atom. The van der Waals surface area contributed by atoms with Gasteiger partial charge in [0.25, 0.3) is 0 Å². The molecule has 0 aliphatic heterocycles. The molecule has 0 amide bonds. The van der Waals surface area contributed by atoms with Crippen LogP contribution in [-0.2, 0) is 16.0 Å². The van der Waals surface area contributed by atoms with Crippen molar-refractivity contribution in [1.29, 1.82) is 0 Å². The maximum absolute atomic E-state index is 10.3. The van der Waals surface area contributed by atoms with E-state index in [2.05, 4.69) is 0 Å². The van der Waals surface area contributed by atoms with Gasteiger partial charge in [0, 0.05) is 11.1 Å². The Kier molecular flexibility index (Phi) is 5.74. The van der Waals surface area contributed by atoms with Crippen LogP contribution in [0.25, 0.3) is 0 Å². The number of ether oxygens (including phenoxy) is 3. The molecule has 0 atom stereocenters. The Labute approximate surface area is 110 Å². The van der Waals surface area contributed by atoms with E-state index in [4.69, 9.17) is 30.9 Å². The molecule has 0 saturated heterocycles. The molecule has 0 saturated carbocycles. The molecule has 5 nitrogen and oxygen atoms in total. The summed E-state index contributed by atoms with van der Waals surface area (Å²) in [6, 6.07) is 3.41. The highest BCUT2D eigenvalue weighted by atomic mass is 35.5. The van der Waals surface area contributed by atoms with Crippen LogP contribution >= 0.6 is 11.6 Å². The normalized spacial score (nSPS) is 10.2. The van der Waals surface area contributed by atoms with Crippen LogP contribution in [0.3, 0.4) is 0 Å². The van der Waals surface area contributed by atoms with Crippen LogP contribution in [0.4, 0.5) is 0 Å². The summed E-state index contributed by atoms with van der Waals surface area (Å²) >= 11 is 6.07. The molecular formula is C12H15ClO5. The predicted octanol–water partition coefficient (Wildman–Crippen LogP) is 2.00. The van der Waals surface area contributed by atoms with Gasteiger partial charge in [0.1, 0.15) is 6.61 Å². The van der Waals surface area contributed by atoms with Crippen molar-refractivity contribution in [2.75, 3.05) is 27.4 Å². The van der Waals surface area contributed by atoms with Crippen LogP contribution in [-0.4, -0.2) is 38.5 Å². The van der Waals surface area contributed by atoms with E-state index in [0.29, 0.717) is 22.9 Å². The fourth-order valence-corrected chi connectivity index (χ4v) is 1.68. The summed E-state index contributed by atoms with van der Waals surface area (Å²) in [7, 11) is 3.07. The monoisotopic (exact) mass is 274 g/mol. The average Bonchev–Trinajstić information content (AvgIpc) is 2.35. The number of halogens is 1. The molecule has 100 valence electrons. The van der Waals surface area contributed by atoms with E-state index in [1.54, 1.807) is 12.1 Å². The number of rotatable bonds is 7. The van der Waals surface area contributed by atoms with Gasteiger partial charge in [-0.1, -0.05) is 11.6 Å². The van der Waals surface area contributed by atoms with Gasteiger partial charge in [-0.25, -0.2) is 4.79 Å². The number of benzene rings is 1. The maximum Gasteiger partial charge on any atom is 0.329 e. The quantitative estimate of drug-likeness (QED) is 0.771. The third-order valence-corrected chi connectivity index (χ3v) is 2.65. The van der Waals surface area contributed by atoms with Gasteiger partial charge in [0.05, 0.1) is 20.8 Å². The van der Waals surface area contributed by atoms with Gasteiger partial charge >= 0.3 is 5.97 Å². The third kappa shape index (κ3) is 4.09. The van der Waals surface area contributed by atoms with E-state index < -0.39 is 5.97 Å². The predicted molar refractivity (Wildman–Crippen MR) is 66.7 cm³/mol. The van der Waals surface area contributed by atoms with E-state index >= 15 is 0 Å². The van der Waals surface area contributed by atoms with E-state index in [1.807, 2.05) is 0 Å². The van der Waals surface area contributed by atoms with Crippen molar-refractivity contribution in [2.24, 2.45) is 0 Å². The second kappa shape index (κ2) is 7.08. The lowest BCUT2D eigenvalue weighted by atomic mass is 10.1. The van der Waals surface area contributed by atoms with Gasteiger partial charge in [-0.3, -0.25) is 0 Å². The lowest BCUT2D eigenvalue weighted by molar-refractivity contribution is -0.142. The fourth-order valence-electron chi connectivity index (χ4n) is 1.43. The molecule has 0 heterocycles. The molecule has 6 heteroatoms. The minimum atomic E-state index is -0.992. The topological polar surface area (TPSA) is 65.0 Å². The molecule has 1 N–H and O–H groups in total. The van der Waals surface area contributed by atoms with Crippen LogP contribution in [0.1, 0.15) is 5.56 Å². The minimum Gasteiger partial charge on any atom is -0.493 e. The van der Waals surface area contributed by atoms with Gasteiger partial charge in [-0.2, -0.15) is 0 Å². The molecule has 0 spiro atoms. The zero-order valence-electron chi connectivity index (χ0n) is 10.2. The molecular weight excluding hydrogens is 260 g/mol. The molecule has 0 unspecified atom stereocenters. The summed E-state index contributed by atoms with van der Waals surface area (Å²) in [5.74, 6) is 0.140. The van der Waals surface area contributed by atoms with Crippen LogP contribution in [0.15, 0.2) is 12.1 Å². The Morgan fingerprint density at radius 2 is 1.89 bits per heavy atom. The number of methoxy groups -OCH3 is 2. The van der Waals surface area contributed by atoms with Crippen molar-refractivity contribution in [3.05, 3.63) is 22.7 Å². The molecule has 0 fully saturated rings. The number of carbonyl (C=O) groups is 1. The van der Waals surface area contributed by atoms with E-state index in [9.17, 15) is 4.79 Å². The van der Waals surface area contributed by atoms with Gasteiger partial charge < -0.3 is 19.3 Å². The molecule has 0 bridgehead atoms. The van der Waals surface area contributed by atoms with E-state index in [-0.39, 0.29) is 13.2 Å². The van der Waals surface area contributed by atoms with Gasteiger partial charge in [-0.05, 0) is 18.1 Å². The first-order valence-corrected chi connectivity index (χ1v) is 5.66. The number of carboxylic acid groups (broad SMARTS) is 1. The molecule has 0 radical (unpaired) electrons. The zero-order chi connectivity index (χ0) is 13.5. The summed E-state index contributed by atoms with van der Waals surface area (Å²) in [5.41, 5.74) is 0.819. The van der Waals surface area contributed by atoms with Crippen molar-refractivity contribution in [3.8, 4) is 11.5 Å². The van der Waals surface area contributed by atoms with E-state index in [1.165, 1.54) is 14.2 Å². The Morgan fingerprint density at radius 1 is 1.28 bits per heavy atom. The van der Waals surface area contributed by atoms with Crippen molar-refractivity contribution in [3.63, 3.8) is 0 Å². The summed E-state index contributed by atoms with van der Waals surface area (Å²) in [6.45, 7) is -0.0353. The molecule has 1 rings (SSSR count). The summed E-state index contributed by atoms with van der Waals surface area (Å²) in [6.07, 6.45) is 0.506. The largest absolute Gasteiger partial charge is 0.493 e. The second-order valence-corrected chi connectivity index (χ2v) is 3.90. The summed E-state index contributed by atoms with van der Waals surface area (Å²) in [5, 5.41) is 8.96. The highest BCUT2D eigenvalue weighted by molar-refractivity contribution is 6.31. The molecule has 0 aromatic heterocycles. The van der Waals surface area contributed by atoms with Crippen LogP contribution < -0.4 is 9.47 Å². The minimum absolute atomic E-state index is 0.279. The molecule has 18 heavy (non-hydrogen) atoms. The van der Waals surface area contributed by atoms with Crippen LogP contribution in [0, 0.1) is 0 Å². The molecule has 1 aromatic rings. The number of hydrogen-bond donors (Lipinski definition) is 1. The first-order valence-electron chi connectivity index (χ1n) is 5.28. The smallest absolute Gasteiger partial charge is 0.329 e. The van der Waals surface area contributed by atoms with Gasteiger partial charge in [0.2, 0.25) is 0 Å². The Balaban J connectivity index is 2.68. The lowest BCUT2D eigenvalue weighted by Crippen LogP contribution is -2.09. The molecule has 0 aliphatic rings. The molecule has 0 aliphatic carbocycles. The number of carboxylic acids is 1. The lowest BCUT2D eigenvalue weighted by Gasteiger charge is -2.11. The standard InChI is InChI=1S/C12H15ClO5/c1-16-10-5-8(3-4-18-7-12(14)15)9(13)6-11(10)17-2/h5-6H,3-4,7H2,1-2H3,(H,14,15). The van der Waals surface area contributed by atoms with Crippen molar-refractivity contribution < 1.29 is 24.1 Å².